The van der Waals surface area contributed by atoms with E-state index in [2.05, 4.69) is 25.8 Å². The average Bonchev–Trinajstić information content (AvgIpc) is 2.82. The van der Waals surface area contributed by atoms with Crippen LogP contribution in [0, 0.1) is 5.41 Å². The first-order chi connectivity index (χ1) is 10.3. The van der Waals surface area contributed by atoms with E-state index in [1.807, 2.05) is 0 Å². The smallest absolute Gasteiger partial charge is 0.383 e. The predicted octanol–water partition coefficient (Wildman–Crippen LogP) is 4.11. The molecule has 0 aliphatic carbocycles. The lowest BCUT2D eigenvalue weighted by Gasteiger charge is -2.29. The third-order valence-electron chi connectivity index (χ3n) is 3.94. The van der Waals surface area contributed by atoms with Crippen LogP contribution in [0.4, 0.5) is 18.9 Å². The second-order valence-corrected chi connectivity index (χ2v) is 7.55. The van der Waals surface area contributed by atoms with Crippen LogP contribution in [0.25, 0.3) is 0 Å². The summed E-state index contributed by atoms with van der Waals surface area (Å²) in [4.78, 5) is 6.43. The monoisotopic (exact) mass is 328 g/mol. The van der Waals surface area contributed by atoms with E-state index in [9.17, 15) is 18.3 Å². The molecule has 1 aromatic rings. The highest BCUT2D eigenvalue weighted by atomic mass is 19.4. The molecule has 1 N–H and O–H groups in total. The number of amidine groups is 1. The Morgan fingerprint density at radius 3 is 1.96 bits per heavy atom. The molecule has 3 nitrogen and oxygen atoms in total. The molecule has 23 heavy (non-hydrogen) atoms. The number of hydrogen-bond acceptors (Lipinski definition) is 3. The van der Waals surface area contributed by atoms with Gasteiger partial charge in [0.2, 0.25) is 0 Å². The van der Waals surface area contributed by atoms with Gasteiger partial charge in [0, 0.05) is 12.2 Å². The van der Waals surface area contributed by atoms with Crippen molar-refractivity contribution in [2.75, 3.05) is 11.4 Å². The summed E-state index contributed by atoms with van der Waals surface area (Å²) in [7, 11) is 0. The normalized spacial score (nSPS) is 20.0. The first kappa shape index (κ1) is 17.8. The number of alkyl halides is 3. The Balaban J connectivity index is 2.36. The molecule has 1 aromatic carbocycles. The molecule has 2 rings (SSSR count). The van der Waals surface area contributed by atoms with Crippen LogP contribution in [-0.4, -0.2) is 29.1 Å². The van der Waals surface area contributed by atoms with E-state index in [0.29, 0.717) is 18.1 Å². The van der Waals surface area contributed by atoms with Gasteiger partial charge >= 0.3 is 6.18 Å². The van der Waals surface area contributed by atoms with Gasteiger partial charge in [-0.1, -0.05) is 20.8 Å². The SMILES string of the molecule is CC(C)(O)C1=N[C@@H](C(C)(C)C)CN1c1ccc(C(F)(F)F)cc1. The zero-order chi connectivity index (χ0) is 17.6. The van der Waals surface area contributed by atoms with Crippen LogP contribution in [-0.2, 0) is 6.18 Å². The van der Waals surface area contributed by atoms with Gasteiger partial charge in [0.25, 0.3) is 0 Å². The van der Waals surface area contributed by atoms with E-state index >= 15 is 0 Å². The summed E-state index contributed by atoms with van der Waals surface area (Å²) in [5.74, 6) is 0.484. The highest BCUT2D eigenvalue weighted by Gasteiger charge is 2.39. The number of anilines is 1. The molecule has 1 heterocycles. The first-order valence-electron chi connectivity index (χ1n) is 7.55. The molecular formula is C17H23F3N2O. The minimum Gasteiger partial charge on any atom is -0.383 e. The molecule has 0 saturated carbocycles. The number of nitrogens with zero attached hydrogens (tertiary/aromatic N) is 2. The van der Waals surface area contributed by atoms with Crippen molar-refractivity contribution in [3.05, 3.63) is 29.8 Å². The van der Waals surface area contributed by atoms with E-state index in [-0.39, 0.29) is 11.5 Å². The van der Waals surface area contributed by atoms with Crippen molar-refractivity contribution in [1.82, 2.24) is 0 Å². The minimum absolute atomic E-state index is 0.0359. The molecule has 0 aromatic heterocycles. The number of hydrogen-bond donors (Lipinski definition) is 1. The van der Waals surface area contributed by atoms with Crippen LogP contribution < -0.4 is 4.90 Å². The molecule has 0 bridgehead atoms. The Morgan fingerprint density at radius 1 is 1.04 bits per heavy atom. The molecule has 0 amide bonds. The minimum atomic E-state index is -4.36. The molecule has 0 spiro atoms. The molecule has 0 saturated heterocycles. The summed E-state index contributed by atoms with van der Waals surface area (Å²) in [6.07, 6.45) is -4.36. The van der Waals surface area contributed by atoms with Crippen molar-refractivity contribution in [3.63, 3.8) is 0 Å². The fraction of sp³-hybridized carbons (Fsp3) is 0.588. The number of rotatable bonds is 2. The molecule has 6 heteroatoms. The molecule has 1 aliphatic rings. The van der Waals surface area contributed by atoms with Crippen LogP contribution >= 0.6 is 0 Å². The molecular weight excluding hydrogens is 305 g/mol. The Hall–Kier alpha value is -1.56. The summed E-state index contributed by atoms with van der Waals surface area (Å²) >= 11 is 0. The maximum Gasteiger partial charge on any atom is 0.416 e. The molecule has 1 atom stereocenters. The fourth-order valence-corrected chi connectivity index (χ4v) is 2.53. The van der Waals surface area contributed by atoms with Gasteiger partial charge in [-0.15, -0.1) is 0 Å². The molecule has 1 aliphatic heterocycles. The largest absolute Gasteiger partial charge is 0.416 e. The molecule has 128 valence electrons. The van der Waals surface area contributed by atoms with Gasteiger partial charge in [-0.2, -0.15) is 13.2 Å². The van der Waals surface area contributed by atoms with Crippen molar-refractivity contribution in [3.8, 4) is 0 Å². The molecule has 0 radical (unpaired) electrons. The van der Waals surface area contributed by atoms with E-state index in [4.69, 9.17) is 0 Å². The number of aliphatic imine (C=N–C) groups is 1. The van der Waals surface area contributed by atoms with Crippen molar-refractivity contribution >= 4 is 11.5 Å². The van der Waals surface area contributed by atoms with Crippen molar-refractivity contribution in [1.29, 1.82) is 0 Å². The van der Waals surface area contributed by atoms with Crippen molar-refractivity contribution in [2.45, 2.75) is 52.4 Å². The average molecular weight is 328 g/mol. The Bertz CT molecular complexity index is 592. The predicted molar refractivity (Wildman–Crippen MR) is 85.8 cm³/mol. The molecule has 0 unspecified atom stereocenters. The summed E-state index contributed by atoms with van der Waals surface area (Å²) in [5.41, 5.74) is -1.35. The second-order valence-electron chi connectivity index (χ2n) is 7.55. The standard InChI is InChI=1S/C17H23F3N2O/c1-15(2,3)13-10-22(14(21-13)16(4,5)23)12-8-6-11(7-9-12)17(18,19)20/h6-9,13,23H,10H2,1-5H3/t13-/m1/s1. The zero-order valence-corrected chi connectivity index (χ0v) is 14.1. The third kappa shape index (κ3) is 3.86. The van der Waals surface area contributed by atoms with Crippen molar-refractivity contribution in [2.24, 2.45) is 10.4 Å². The third-order valence-corrected chi connectivity index (χ3v) is 3.94. The maximum absolute atomic E-state index is 12.7. The van der Waals surface area contributed by atoms with Gasteiger partial charge in [-0.05, 0) is 43.5 Å². The highest BCUT2D eigenvalue weighted by Crippen LogP contribution is 2.35. The Morgan fingerprint density at radius 2 is 1.57 bits per heavy atom. The van der Waals surface area contributed by atoms with E-state index in [0.717, 1.165) is 12.1 Å². The van der Waals surface area contributed by atoms with Crippen molar-refractivity contribution < 1.29 is 18.3 Å². The van der Waals surface area contributed by atoms with Crippen LogP contribution in [0.3, 0.4) is 0 Å². The lowest BCUT2D eigenvalue weighted by Crippen LogP contribution is -2.43. The molecule has 0 fully saturated rings. The van der Waals surface area contributed by atoms with Gasteiger partial charge in [0.05, 0.1) is 11.6 Å². The highest BCUT2D eigenvalue weighted by molar-refractivity contribution is 6.04. The van der Waals surface area contributed by atoms with E-state index < -0.39 is 17.3 Å². The lowest BCUT2D eigenvalue weighted by atomic mass is 9.87. The van der Waals surface area contributed by atoms with Gasteiger partial charge in [0.15, 0.2) is 0 Å². The second kappa shape index (κ2) is 5.51. The summed E-state index contributed by atoms with van der Waals surface area (Å²) in [6.45, 7) is 9.97. The summed E-state index contributed by atoms with van der Waals surface area (Å²) < 4.78 is 38.1. The number of aliphatic hydroxyl groups is 1. The quantitative estimate of drug-likeness (QED) is 0.887. The summed E-state index contributed by atoms with van der Waals surface area (Å²) in [5, 5.41) is 10.4. The van der Waals surface area contributed by atoms with Gasteiger partial charge in [-0.25, -0.2) is 0 Å². The Labute approximate surface area is 134 Å². The first-order valence-corrected chi connectivity index (χ1v) is 7.55. The van der Waals surface area contributed by atoms with E-state index in [1.54, 1.807) is 18.7 Å². The van der Waals surface area contributed by atoms with Gasteiger partial charge in [-0.3, -0.25) is 4.99 Å². The fourth-order valence-electron chi connectivity index (χ4n) is 2.53. The van der Waals surface area contributed by atoms with Crippen LogP contribution in [0.5, 0.6) is 0 Å². The van der Waals surface area contributed by atoms with Crippen LogP contribution in [0.2, 0.25) is 0 Å². The topological polar surface area (TPSA) is 35.8 Å². The van der Waals surface area contributed by atoms with Crippen LogP contribution in [0.1, 0.15) is 40.2 Å². The van der Waals surface area contributed by atoms with E-state index in [1.165, 1.54) is 12.1 Å². The number of benzene rings is 1. The number of halogens is 3. The summed E-state index contributed by atoms with van der Waals surface area (Å²) in [6, 6.07) is 4.93. The van der Waals surface area contributed by atoms with Gasteiger partial charge in [0.1, 0.15) is 11.4 Å². The Kier molecular flexibility index (Phi) is 4.26. The van der Waals surface area contributed by atoms with Gasteiger partial charge < -0.3 is 10.0 Å². The zero-order valence-electron chi connectivity index (χ0n) is 14.1. The van der Waals surface area contributed by atoms with Crippen LogP contribution in [0.15, 0.2) is 29.3 Å². The lowest BCUT2D eigenvalue weighted by molar-refractivity contribution is -0.137. The maximum atomic E-state index is 12.7.